The Morgan fingerprint density at radius 2 is 2.50 bits per heavy atom. The average Bonchev–Trinajstić information content (AvgIpc) is 2.78. The Bertz CT molecular complexity index is 455. The lowest BCUT2D eigenvalue weighted by Crippen LogP contribution is -2.25. The van der Waals surface area contributed by atoms with Crippen LogP contribution in [-0.2, 0) is 0 Å². The van der Waals surface area contributed by atoms with Crippen molar-refractivity contribution in [3.63, 3.8) is 0 Å². The van der Waals surface area contributed by atoms with E-state index in [-0.39, 0.29) is 10.6 Å². The first kappa shape index (κ1) is 13.2. The first-order chi connectivity index (χ1) is 8.61. The zero-order valence-electron chi connectivity index (χ0n) is 10.1. The maximum absolute atomic E-state index is 11.0. The van der Waals surface area contributed by atoms with Crippen molar-refractivity contribution in [3.05, 3.63) is 26.9 Å². The molecule has 0 aliphatic carbocycles. The van der Waals surface area contributed by atoms with E-state index < -0.39 is 0 Å². The lowest BCUT2D eigenvalue weighted by Gasteiger charge is -2.17. The number of nitro groups is 1. The smallest absolute Gasteiger partial charge is 0.312 e. The standard InChI is InChI=1S/C11H15BrN4O2/c1-13-5-8-2-3-15(7-8)11-10(16(17)18)4-9(12)6-14-11/h4,6,8,13H,2-3,5,7H2,1H3. The van der Waals surface area contributed by atoms with Gasteiger partial charge < -0.3 is 10.2 Å². The van der Waals surface area contributed by atoms with Crippen molar-refractivity contribution in [2.45, 2.75) is 6.42 Å². The van der Waals surface area contributed by atoms with Gasteiger partial charge in [-0.15, -0.1) is 0 Å². The van der Waals surface area contributed by atoms with Crippen LogP contribution in [0.15, 0.2) is 16.7 Å². The summed E-state index contributed by atoms with van der Waals surface area (Å²) in [6.07, 6.45) is 2.64. The monoisotopic (exact) mass is 314 g/mol. The molecule has 6 nitrogen and oxygen atoms in total. The number of hydrogen-bond acceptors (Lipinski definition) is 5. The molecule has 1 aromatic heterocycles. The fraction of sp³-hybridized carbons (Fsp3) is 0.545. The SMILES string of the molecule is CNCC1CCN(c2ncc(Br)cc2[N+](=O)[O-])C1. The molecule has 1 aliphatic rings. The summed E-state index contributed by atoms with van der Waals surface area (Å²) in [6.45, 7) is 2.57. The van der Waals surface area contributed by atoms with E-state index in [0.717, 1.165) is 26.1 Å². The van der Waals surface area contributed by atoms with Crippen molar-refractivity contribution in [2.75, 3.05) is 31.6 Å². The molecule has 0 bridgehead atoms. The Morgan fingerprint density at radius 1 is 1.72 bits per heavy atom. The van der Waals surface area contributed by atoms with E-state index in [9.17, 15) is 10.1 Å². The zero-order chi connectivity index (χ0) is 13.1. The molecule has 1 N–H and O–H groups in total. The number of hydrogen-bond donors (Lipinski definition) is 1. The number of rotatable bonds is 4. The van der Waals surface area contributed by atoms with Crippen LogP contribution in [-0.4, -0.2) is 36.6 Å². The van der Waals surface area contributed by atoms with Crippen LogP contribution >= 0.6 is 15.9 Å². The van der Waals surface area contributed by atoms with Gasteiger partial charge in [-0.25, -0.2) is 4.98 Å². The van der Waals surface area contributed by atoms with Crippen molar-refractivity contribution in [1.82, 2.24) is 10.3 Å². The number of nitrogens with zero attached hydrogens (tertiary/aromatic N) is 3. The summed E-state index contributed by atoms with van der Waals surface area (Å²) >= 11 is 3.21. The molecule has 0 radical (unpaired) electrons. The third kappa shape index (κ3) is 2.78. The van der Waals surface area contributed by atoms with Gasteiger partial charge in [0.25, 0.3) is 0 Å². The summed E-state index contributed by atoms with van der Waals surface area (Å²) in [5, 5.41) is 14.2. The molecule has 18 heavy (non-hydrogen) atoms. The maximum Gasteiger partial charge on any atom is 0.312 e. The van der Waals surface area contributed by atoms with Crippen LogP contribution in [0, 0.1) is 16.0 Å². The number of anilines is 1. The normalized spacial score (nSPS) is 19.2. The Morgan fingerprint density at radius 3 is 3.17 bits per heavy atom. The van der Waals surface area contributed by atoms with Crippen LogP contribution < -0.4 is 10.2 Å². The molecule has 98 valence electrons. The van der Waals surface area contributed by atoms with Crippen LogP contribution in [0.1, 0.15) is 6.42 Å². The summed E-state index contributed by atoms with van der Waals surface area (Å²) in [6, 6.07) is 1.51. The predicted octanol–water partition coefficient (Wildman–Crippen LogP) is 1.80. The van der Waals surface area contributed by atoms with Gasteiger partial charge >= 0.3 is 5.69 Å². The van der Waals surface area contributed by atoms with Crippen LogP contribution in [0.3, 0.4) is 0 Å². The van der Waals surface area contributed by atoms with Gasteiger partial charge in [0.15, 0.2) is 0 Å². The first-order valence-electron chi connectivity index (χ1n) is 5.81. The largest absolute Gasteiger partial charge is 0.351 e. The number of nitrogens with one attached hydrogen (secondary N) is 1. The lowest BCUT2D eigenvalue weighted by atomic mass is 10.1. The molecule has 2 rings (SSSR count). The van der Waals surface area contributed by atoms with E-state index in [1.807, 2.05) is 11.9 Å². The van der Waals surface area contributed by atoms with Gasteiger partial charge in [0, 0.05) is 29.8 Å². The van der Waals surface area contributed by atoms with Crippen LogP contribution in [0.5, 0.6) is 0 Å². The Labute approximate surface area is 114 Å². The highest BCUT2D eigenvalue weighted by Crippen LogP contribution is 2.31. The molecule has 0 aromatic carbocycles. The third-order valence-corrected chi connectivity index (χ3v) is 3.52. The van der Waals surface area contributed by atoms with Crippen molar-refractivity contribution < 1.29 is 4.92 Å². The minimum atomic E-state index is -0.376. The van der Waals surface area contributed by atoms with Crippen molar-refractivity contribution in [1.29, 1.82) is 0 Å². The van der Waals surface area contributed by atoms with Crippen molar-refractivity contribution in [3.8, 4) is 0 Å². The minimum absolute atomic E-state index is 0.0643. The summed E-state index contributed by atoms with van der Waals surface area (Å²) < 4.78 is 0.629. The van der Waals surface area contributed by atoms with Crippen LogP contribution in [0.4, 0.5) is 11.5 Å². The molecule has 1 saturated heterocycles. The summed E-state index contributed by atoms with van der Waals surface area (Å²) in [5.41, 5.74) is 0.0643. The Balaban J connectivity index is 2.21. The summed E-state index contributed by atoms with van der Waals surface area (Å²) in [4.78, 5) is 16.9. The van der Waals surface area contributed by atoms with Gasteiger partial charge in [0.05, 0.1) is 4.92 Å². The summed E-state index contributed by atoms with van der Waals surface area (Å²) in [7, 11) is 1.92. The van der Waals surface area contributed by atoms with Gasteiger partial charge in [-0.3, -0.25) is 10.1 Å². The van der Waals surface area contributed by atoms with Gasteiger partial charge in [-0.2, -0.15) is 0 Å². The molecule has 1 aliphatic heterocycles. The highest BCUT2D eigenvalue weighted by molar-refractivity contribution is 9.10. The molecule has 1 atom stereocenters. The van der Waals surface area contributed by atoms with Gasteiger partial charge in [0.2, 0.25) is 5.82 Å². The zero-order valence-corrected chi connectivity index (χ0v) is 11.7. The quantitative estimate of drug-likeness (QED) is 0.677. The van der Waals surface area contributed by atoms with E-state index in [0.29, 0.717) is 16.2 Å². The molecule has 1 aromatic rings. The molecule has 0 saturated carbocycles. The minimum Gasteiger partial charge on any atom is -0.351 e. The predicted molar refractivity (Wildman–Crippen MR) is 72.8 cm³/mol. The lowest BCUT2D eigenvalue weighted by molar-refractivity contribution is -0.384. The van der Waals surface area contributed by atoms with Gasteiger partial charge in [-0.1, -0.05) is 0 Å². The highest BCUT2D eigenvalue weighted by atomic mass is 79.9. The summed E-state index contributed by atoms with van der Waals surface area (Å²) in [5.74, 6) is 1.00. The average molecular weight is 315 g/mol. The molecule has 1 fully saturated rings. The second-order valence-corrected chi connectivity index (χ2v) is 5.33. The molecular formula is C11H15BrN4O2. The van der Waals surface area contributed by atoms with Crippen molar-refractivity contribution in [2.24, 2.45) is 5.92 Å². The molecular weight excluding hydrogens is 300 g/mol. The van der Waals surface area contributed by atoms with Crippen LogP contribution in [0.25, 0.3) is 0 Å². The molecule has 2 heterocycles. The highest BCUT2D eigenvalue weighted by Gasteiger charge is 2.28. The Kier molecular flexibility index (Phi) is 4.13. The van der Waals surface area contributed by atoms with Gasteiger partial charge in [0.1, 0.15) is 0 Å². The number of pyridine rings is 1. The third-order valence-electron chi connectivity index (χ3n) is 3.09. The molecule has 1 unspecified atom stereocenters. The van der Waals surface area contributed by atoms with Crippen molar-refractivity contribution >= 4 is 27.4 Å². The van der Waals surface area contributed by atoms with Crippen LogP contribution in [0.2, 0.25) is 0 Å². The fourth-order valence-electron chi connectivity index (χ4n) is 2.28. The number of halogens is 1. The van der Waals surface area contributed by atoms with E-state index in [4.69, 9.17) is 0 Å². The second kappa shape index (κ2) is 5.62. The van der Waals surface area contributed by atoms with E-state index in [1.54, 1.807) is 6.20 Å². The first-order valence-corrected chi connectivity index (χ1v) is 6.60. The molecule has 0 spiro atoms. The number of aromatic nitrogens is 1. The molecule has 7 heteroatoms. The van der Waals surface area contributed by atoms with Gasteiger partial charge in [-0.05, 0) is 41.9 Å². The van der Waals surface area contributed by atoms with E-state index >= 15 is 0 Å². The maximum atomic E-state index is 11.0. The topological polar surface area (TPSA) is 71.3 Å². The van der Waals surface area contributed by atoms with E-state index in [1.165, 1.54) is 6.07 Å². The van der Waals surface area contributed by atoms with E-state index in [2.05, 4.69) is 26.2 Å². The second-order valence-electron chi connectivity index (χ2n) is 4.41. The Hall–Kier alpha value is -1.21. The fourth-order valence-corrected chi connectivity index (χ4v) is 2.60. The molecule has 0 amide bonds.